The molecule has 0 radical (unpaired) electrons. The van der Waals surface area contributed by atoms with Gasteiger partial charge in [-0.05, 0) is 78.1 Å². The first kappa shape index (κ1) is 12.0. The van der Waals surface area contributed by atoms with Crippen LogP contribution in [-0.4, -0.2) is 0 Å². The molecule has 4 rings (SSSR count). The van der Waals surface area contributed by atoms with Gasteiger partial charge in [-0.3, -0.25) is 0 Å². The lowest BCUT2D eigenvalue weighted by Gasteiger charge is -2.21. The van der Waals surface area contributed by atoms with Crippen molar-refractivity contribution in [3.63, 3.8) is 0 Å². The predicted octanol–water partition coefficient (Wildman–Crippen LogP) is 5.46. The standard InChI is InChI=1S/C20H20/c1-13-7-9-17-15(11-13)8-10-19-18-6-4-3-5-16(18)14(2)12-20(17)19/h3,5,8,10-12H,4,6-7,9H2,1-2H3. The van der Waals surface area contributed by atoms with Crippen LogP contribution in [0.15, 0.2) is 29.8 Å². The Hall–Kier alpha value is -1.82. The molecule has 2 aromatic rings. The van der Waals surface area contributed by atoms with Gasteiger partial charge >= 0.3 is 0 Å². The fourth-order valence-corrected chi connectivity index (χ4v) is 3.79. The lowest BCUT2D eigenvalue weighted by Crippen LogP contribution is -2.03. The smallest absolute Gasteiger partial charge is 0.0140 e. The zero-order chi connectivity index (χ0) is 13.7. The molecule has 100 valence electrons. The molecular weight excluding hydrogens is 240 g/mol. The number of hydrogen-bond donors (Lipinski definition) is 0. The Morgan fingerprint density at radius 1 is 0.900 bits per heavy atom. The molecule has 0 saturated heterocycles. The Morgan fingerprint density at radius 3 is 2.70 bits per heavy atom. The highest BCUT2D eigenvalue weighted by atomic mass is 14.2. The summed E-state index contributed by atoms with van der Waals surface area (Å²) in [5, 5.41) is 2.99. The highest BCUT2D eigenvalue weighted by Gasteiger charge is 2.17. The third kappa shape index (κ3) is 1.67. The molecule has 2 aliphatic rings. The van der Waals surface area contributed by atoms with Gasteiger partial charge in [0.25, 0.3) is 0 Å². The number of allylic oxidation sites excluding steroid dienone is 2. The van der Waals surface area contributed by atoms with Crippen LogP contribution >= 0.6 is 0 Å². The summed E-state index contributed by atoms with van der Waals surface area (Å²) in [7, 11) is 0. The molecule has 0 amide bonds. The van der Waals surface area contributed by atoms with E-state index in [0.717, 1.165) is 0 Å². The van der Waals surface area contributed by atoms with E-state index in [-0.39, 0.29) is 0 Å². The summed E-state index contributed by atoms with van der Waals surface area (Å²) in [6.07, 6.45) is 11.8. The van der Waals surface area contributed by atoms with Crippen molar-refractivity contribution in [3.8, 4) is 0 Å². The van der Waals surface area contributed by atoms with Crippen LogP contribution in [0.5, 0.6) is 0 Å². The second-order valence-electron chi connectivity index (χ2n) is 6.25. The van der Waals surface area contributed by atoms with E-state index < -0.39 is 0 Å². The number of hydrogen-bond acceptors (Lipinski definition) is 0. The predicted molar refractivity (Wildman–Crippen MR) is 88.0 cm³/mol. The van der Waals surface area contributed by atoms with E-state index in [1.54, 1.807) is 11.1 Å². The lowest BCUT2D eigenvalue weighted by atomic mass is 9.83. The van der Waals surface area contributed by atoms with Gasteiger partial charge in [-0.25, -0.2) is 0 Å². The van der Waals surface area contributed by atoms with Crippen molar-refractivity contribution in [2.24, 2.45) is 0 Å². The third-order valence-electron chi connectivity index (χ3n) is 4.85. The van der Waals surface area contributed by atoms with Gasteiger partial charge in [0.05, 0.1) is 0 Å². The molecule has 0 heteroatoms. The molecule has 2 aliphatic carbocycles. The molecule has 0 heterocycles. The van der Waals surface area contributed by atoms with Gasteiger partial charge in [0, 0.05) is 0 Å². The summed E-state index contributed by atoms with van der Waals surface area (Å²) in [5.74, 6) is 0. The average Bonchev–Trinajstić information content (AvgIpc) is 2.47. The summed E-state index contributed by atoms with van der Waals surface area (Å²) < 4.78 is 0. The zero-order valence-corrected chi connectivity index (χ0v) is 12.3. The minimum absolute atomic E-state index is 1.18. The Bertz CT molecular complexity index is 772. The van der Waals surface area contributed by atoms with Crippen LogP contribution in [0, 0.1) is 6.92 Å². The van der Waals surface area contributed by atoms with E-state index >= 15 is 0 Å². The Kier molecular flexibility index (Phi) is 2.60. The van der Waals surface area contributed by atoms with Crippen molar-refractivity contribution in [1.29, 1.82) is 0 Å². The minimum atomic E-state index is 1.18. The fraction of sp³-hybridized carbons (Fsp3) is 0.300. The van der Waals surface area contributed by atoms with Crippen molar-refractivity contribution in [2.45, 2.75) is 39.5 Å². The summed E-state index contributed by atoms with van der Waals surface area (Å²) >= 11 is 0. The van der Waals surface area contributed by atoms with Crippen molar-refractivity contribution in [2.75, 3.05) is 0 Å². The second kappa shape index (κ2) is 4.34. The Labute approximate surface area is 120 Å². The van der Waals surface area contributed by atoms with Gasteiger partial charge in [-0.15, -0.1) is 0 Å². The third-order valence-corrected chi connectivity index (χ3v) is 4.85. The van der Waals surface area contributed by atoms with Crippen molar-refractivity contribution in [1.82, 2.24) is 0 Å². The van der Waals surface area contributed by atoms with E-state index in [0.29, 0.717) is 0 Å². The minimum Gasteiger partial charge on any atom is -0.0836 e. The van der Waals surface area contributed by atoms with E-state index in [4.69, 9.17) is 0 Å². The van der Waals surface area contributed by atoms with Crippen LogP contribution in [0.3, 0.4) is 0 Å². The molecule has 20 heavy (non-hydrogen) atoms. The Balaban J connectivity index is 2.09. The molecule has 0 atom stereocenters. The van der Waals surface area contributed by atoms with E-state index in [1.807, 2.05) is 0 Å². The molecule has 0 N–H and O–H groups in total. The fourth-order valence-electron chi connectivity index (χ4n) is 3.79. The topological polar surface area (TPSA) is 0 Å². The number of fused-ring (bicyclic) bond motifs is 5. The van der Waals surface area contributed by atoms with Crippen LogP contribution < -0.4 is 0 Å². The summed E-state index contributed by atoms with van der Waals surface area (Å²) in [4.78, 5) is 0. The maximum atomic E-state index is 2.41. The monoisotopic (exact) mass is 260 g/mol. The number of benzene rings is 2. The van der Waals surface area contributed by atoms with Crippen LogP contribution in [-0.2, 0) is 12.8 Å². The van der Waals surface area contributed by atoms with E-state index in [1.165, 1.54) is 58.7 Å². The molecule has 0 aromatic heterocycles. The maximum Gasteiger partial charge on any atom is -0.0140 e. The molecule has 0 fully saturated rings. The quantitative estimate of drug-likeness (QED) is 0.590. The summed E-state index contributed by atoms with van der Waals surface area (Å²) in [5.41, 5.74) is 8.97. The molecule has 0 aliphatic heterocycles. The number of aryl methyl sites for hydroxylation is 3. The molecule has 0 nitrogen and oxygen atoms in total. The maximum absolute atomic E-state index is 2.41. The van der Waals surface area contributed by atoms with Crippen LogP contribution in [0.2, 0.25) is 0 Å². The van der Waals surface area contributed by atoms with Gasteiger partial charge in [0.15, 0.2) is 0 Å². The van der Waals surface area contributed by atoms with E-state index in [2.05, 4.69) is 50.3 Å². The van der Waals surface area contributed by atoms with Gasteiger partial charge < -0.3 is 0 Å². The zero-order valence-electron chi connectivity index (χ0n) is 12.3. The summed E-state index contributed by atoms with van der Waals surface area (Å²) in [6.45, 7) is 4.51. The summed E-state index contributed by atoms with van der Waals surface area (Å²) in [6, 6.07) is 7.09. The lowest BCUT2D eigenvalue weighted by molar-refractivity contribution is 0.934. The second-order valence-corrected chi connectivity index (χ2v) is 6.25. The van der Waals surface area contributed by atoms with Gasteiger partial charge in [0.1, 0.15) is 0 Å². The van der Waals surface area contributed by atoms with Gasteiger partial charge in [-0.2, -0.15) is 0 Å². The average molecular weight is 260 g/mol. The van der Waals surface area contributed by atoms with Crippen LogP contribution in [0.25, 0.3) is 22.9 Å². The van der Waals surface area contributed by atoms with Crippen LogP contribution in [0.4, 0.5) is 0 Å². The molecule has 2 aromatic carbocycles. The number of rotatable bonds is 0. The largest absolute Gasteiger partial charge is 0.0836 e. The van der Waals surface area contributed by atoms with Crippen molar-refractivity contribution in [3.05, 3.63) is 57.7 Å². The SMILES string of the molecule is CC1=Cc2ccc3c4c(c(C)cc3c2CC1)C=CCC4. The van der Waals surface area contributed by atoms with E-state index in [9.17, 15) is 0 Å². The first-order chi connectivity index (χ1) is 9.74. The first-order valence-electron chi connectivity index (χ1n) is 7.66. The van der Waals surface area contributed by atoms with Crippen molar-refractivity contribution < 1.29 is 0 Å². The molecule has 0 unspecified atom stereocenters. The Morgan fingerprint density at radius 2 is 1.80 bits per heavy atom. The normalized spacial score (nSPS) is 16.8. The van der Waals surface area contributed by atoms with Gasteiger partial charge in [0.2, 0.25) is 0 Å². The molecule has 0 bridgehead atoms. The first-order valence-corrected chi connectivity index (χ1v) is 7.66. The highest BCUT2D eigenvalue weighted by molar-refractivity contribution is 5.95. The molecule has 0 spiro atoms. The molecule has 0 saturated carbocycles. The molecular formula is C20H20. The van der Waals surface area contributed by atoms with Crippen LogP contribution in [0.1, 0.15) is 47.6 Å². The highest BCUT2D eigenvalue weighted by Crippen LogP contribution is 2.36. The van der Waals surface area contributed by atoms with Crippen molar-refractivity contribution >= 4 is 22.9 Å². The van der Waals surface area contributed by atoms with Gasteiger partial charge in [-0.1, -0.05) is 42.0 Å².